The Bertz CT molecular complexity index is 405. The van der Waals surface area contributed by atoms with Crippen LogP contribution in [0.1, 0.15) is 45.4 Å². The van der Waals surface area contributed by atoms with Crippen LogP contribution < -0.4 is 11.1 Å². The molecule has 1 amide bonds. The molecule has 4 bridgehead atoms. The summed E-state index contributed by atoms with van der Waals surface area (Å²) in [7, 11) is 0. The fraction of sp³-hybridized carbons (Fsp3) is 0.929. The van der Waals surface area contributed by atoms with E-state index < -0.39 is 22.5 Å². The smallest absolute Gasteiger partial charge is 0.238 e. The third-order valence-corrected chi connectivity index (χ3v) is 6.40. The number of nitrogens with two attached hydrogens (primary N) is 1. The molecule has 0 saturated heterocycles. The summed E-state index contributed by atoms with van der Waals surface area (Å²) in [5.41, 5.74) is 6.21. The van der Waals surface area contributed by atoms with Crippen molar-refractivity contribution in [3.05, 3.63) is 0 Å². The van der Waals surface area contributed by atoms with Gasteiger partial charge in [-0.05, 0) is 68.6 Å². The molecular weight excluding hydrogens is 276 g/mol. The lowest BCUT2D eigenvalue weighted by Gasteiger charge is -2.58. The number of hydrogen-bond donors (Lipinski definition) is 3. The Labute approximate surface area is 122 Å². The SMILES string of the molecule is C[C@H](NC(=O)[C@@H](N)C12CC3CC(CC(C3)C1)C2)S(=O)O. The highest BCUT2D eigenvalue weighted by Crippen LogP contribution is 2.60. The van der Waals surface area contributed by atoms with E-state index in [0.29, 0.717) is 0 Å². The Morgan fingerprint density at radius 2 is 1.70 bits per heavy atom. The van der Waals surface area contributed by atoms with Crippen molar-refractivity contribution in [2.75, 3.05) is 0 Å². The van der Waals surface area contributed by atoms with Gasteiger partial charge in [-0.15, -0.1) is 0 Å². The molecule has 0 aromatic heterocycles. The minimum absolute atomic E-state index is 0.0600. The van der Waals surface area contributed by atoms with Gasteiger partial charge in [-0.1, -0.05) is 0 Å². The minimum Gasteiger partial charge on any atom is -0.338 e. The third kappa shape index (κ3) is 2.42. The van der Waals surface area contributed by atoms with Crippen LogP contribution in [0.25, 0.3) is 0 Å². The third-order valence-electron chi connectivity index (χ3n) is 5.68. The van der Waals surface area contributed by atoms with E-state index in [0.717, 1.165) is 37.0 Å². The van der Waals surface area contributed by atoms with Gasteiger partial charge in [0.2, 0.25) is 5.91 Å². The van der Waals surface area contributed by atoms with Crippen LogP contribution in [-0.4, -0.2) is 26.1 Å². The second-order valence-electron chi connectivity index (χ2n) is 7.18. The first-order valence-electron chi connectivity index (χ1n) is 7.55. The molecule has 0 aromatic carbocycles. The maximum absolute atomic E-state index is 12.3. The van der Waals surface area contributed by atoms with Crippen LogP contribution in [0.5, 0.6) is 0 Å². The fourth-order valence-corrected chi connectivity index (χ4v) is 5.39. The standard InChI is InChI=1S/C14H24N2O3S/c1-8(20(18)19)16-13(17)12(15)14-5-9-2-10(6-14)4-11(3-9)7-14/h8-12H,2-7,15H2,1H3,(H,16,17)(H,18,19)/t8-,9?,10?,11?,12-,14?/m1/s1. The van der Waals surface area contributed by atoms with Crippen LogP contribution in [0, 0.1) is 23.2 Å². The molecule has 4 aliphatic carbocycles. The zero-order chi connectivity index (χ0) is 14.5. The van der Waals surface area contributed by atoms with Gasteiger partial charge in [0.25, 0.3) is 0 Å². The van der Waals surface area contributed by atoms with Gasteiger partial charge in [-0.3, -0.25) is 4.79 Å². The number of amides is 1. The molecule has 20 heavy (non-hydrogen) atoms. The lowest BCUT2D eigenvalue weighted by molar-refractivity contribution is -0.133. The lowest BCUT2D eigenvalue weighted by atomic mass is 9.47. The van der Waals surface area contributed by atoms with Gasteiger partial charge >= 0.3 is 0 Å². The van der Waals surface area contributed by atoms with Crippen molar-refractivity contribution in [2.24, 2.45) is 28.9 Å². The molecule has 0 heterocycles. The van der Waals surface area contributed by atoms with Gasteiger partial charge < -0.3 is 15.6 Å². The second kappa shape index (κ2) is 5.07. The van der Waals surface area contributed by atoms with E-state index in [1.54, 1.807) is 0 Å². The Hall–Kier alpha value is -0.460. The van der Waals surface area contributed by atoms with Crippen molar-refractivity contribution < 1.29 is 13.6 Å². The van der Waals surface area contributed by atoms with Crippen molar-refractivity contribution in [3.8, 4) is 0 Å². The van der Waals surface area contributed by atoms with Crippen LogP contribution in [-0.2, 0) is 15.9 Å². The topological polar surface area (TPSA) is 92.4 Å². The Balaban J connectivity index is 1.71. The van der Waals surface area contributed by atoms with Gasteiger partial charge in [0.1, 0.15) is 5.37 Å². The highest BCUT2D eigenvalue weighted by Gasteiger charge is 2.55. The van der Waals surface area contributed by atoms with E-state index in [4.69, 9.17) is 10.3 Å². The maximum atomic E-state index is 12.3. The summed E-state index contributed by atoms with van der Waals surface area (Å²) in [6, 6.07) is -0.540. The van der Waals surface area contributed by atoms with Crippen LogP contribution in [0.15, 0.2) is 0 Å². The van der Waals surface area contributed by atoms with Crippen LogP contribution in [0.3, 0.4) is 0 Å². The summed E-state index contributed by atoms with van der Waals surface area (Å²) in [6.45, 7) is 1.53. The van der Waals surface area contributed by atoms with E-state index in [1.807, 2.05) is 0 Å². The molecule has 3 atom stereocenters. The predicted molar refractivity (Wildman–Crippen MR) is 77.0 cm³/mol. The molecule has 0 aromatic rings. The van der Waals surface area contributed by atoms with Gasteiger partial charge in [0.15, 0.2) is 11.1 Å². The molecular formula is C14H24N2O3S. The normalized spacial score (nSPS) is 43.0. The summed E-state index contributed by atoms with van der Waals surface area (Å²) >= 11 is -2.05. The fourth-order valence-electron chi connectivity index (χ4n) is 5.18. The van der Waals surface area contributed by atoms with Crippen molar-refractivity contribution in [1.82, 2.24) is 5.32 Å². The van der Waals surface area contributed by atoms with E-state index in [1.165, 1.54) is 26.2 Å². The number of carbonyl (C=O) groups is 1. The molecule has 0 spiro atoms. The molecule has 4 rings (SSSR count). The quantitative estimate of drug-likeness (QED) is 0.681. The second-order valence-corrected chi connectivity index (χ2v) is 8.44. The molecule has 0 radical (unpaired) electrons. The maximum Gasteiger partial charge on any atom is 0.238 e. The Morgan fingerprint density at radius 1 is 1.25 bits per heavy atom. The van der Waals surface area contributed by atoms with Crippen molar-refractivity contribution in [3.63, 3.8) is 0 Å². The molecule has 0 aliphatic heterocycles. The lowest BCUT2D eigenvalue weighted by Crippen LogP contribution is -2.60. The van der Waals surface area contributed by atoms with E-state index in [-0.39, 0.29) is 11.3 Å². The van der Waals surface area contributed by atoms with Crippen LogP contribution in [0.2, 0.25) is 0 Å². The summed E-state index contributed by atoms with van der Waals surface area (Å²) < 4.78 is 20.0. The molecule has 4 N–H and O–H groups in total. The van der Waals surface area contributed by atoms with Gasteiger partial charge in [-0.25, -0.2) is 4.21 Å². The first-order chi connectivity index (χ1) is 9.39. The average molecular weight is 300 g/mol. The molecule has 4 saturated carbocycles. The van der Waals surface area contributed by atoms with Gasteiger partial charge in [-0.2, -0.15) is 0 Å². The van der Waals surface area contributed by atoms with Gasteiger partial charge in [0, 0.05) is 0 Å². The van der Waals surface area contributed by atoms with Crippen molar-refractivity contribution in [1.29, 1.82) is 0 Å². The first kappa shape index (κ1) is 14.5. The monoisotopic (exact) mass is 300 g/mol. The largest absolute Gasteiger partial charge is 0.338 e. The predicted octanol–water partition coefficient (Wildman–Crippen LogP) is 1.21. The van der Waals surface area contributed by atoms with E-state index >= 15 is 0 Å². The van der Waals surface area contributed by atoms with Gasteiger partial charge in [0.05, 0.1) is 6.04 Å². The average Bonchev–Trinajstić information content (AvgIpc) is 2.35. The molecule has 4 fully saturated rings. The molecule has 1 unspecified atom stereocenters. The number of carbonyl (C=O) groups excluding carboxylic acids is 1. The zero-order valence-electron chi connectivity index (χ0n) is 11.9. The number of nitrogens with one attached hydrogen (secondary N) is 1. The summed E-state index contributed by atoms with van der Waals surface area (Å²) in [4.78, 5) is 12.3. The number of rotatable bonds is 4. The summed E-state index contributed by atoms with van der Waals surface area (Å²) in [5, 5.41) is 1.83. The molecule has 6 heteroatoms. The van der Waals surface area contributed by atoms with E-state index in [9.17, 15) is 9.00 Å². The summed E-state index contributed by atoms with van der Waals surface area (Å²) in [5.74, 6) is 1.96. The molecule has 4 aliphatic rings. The van der Waals surface area contributed by atoms with Crippen LogP contribution in [0.4, 0.5) is 0 Å². The number of hydrogen-bond acceptors (Lipinski definition) is 3. The minimum atomic E-state index is -2.05. The summed E-state index contributed by atoms with van der Waals surface area (Å²) in [6.07, 6.45) is 7.11. The highest BCUT2D eigenvalue weighted by atomic mass is 32.2. The van der Waals surface area contributed by atoms with Crippen molar-refractivity contribution in [2.45, 2.75) is 56.9 Å². The highest BCUT2D eigenvalue weighted by molar-refractivity contribution is 7.79. The Kier molecular flexibility index (Phi) is 3.67. The first-order valence-corrected chi connectivity index (χ1v) is 8.72. The molecule has 114 valence electrons. The zero-order valence-corrected chi connectivity index (χ0v) is 12.7. The Morgan fingerprint density at radius 3 is 2.10 bits per heavy atom. The van der Waals surface area contributed by atoms with E-state index in [2.05, 4.69) is 5.32 Å². The van der Waals surface area contributed by atoms with Crippen molar-refractivity contribution >= 4 is 17.0 Å². The molecule has 5 nitrogen and oxygen atoms in total. The van der Waals surface area contributed by atoms with Crippen LogP contribution >= 0.6 is 0 Å².